The van der Waals surface area contributed by atoms with Gasteiger partial charge in [0.15, 0.2) is 0 Å². The zero-order valence-corrected chi connectivity index (χ0v) is 6.30. The summed E-state index contributed by atoms with van der Waals surface area (Å²) in [4.78, 5) is 0. The fraction of sp³-hybridized carbons (Fsp3) is 1.00. The maximum atomic E-state index is 9.00. The molecule has 0 aromatic carbocycles. The third-order valence-corrected chi connectivity index (χ3v) is 2.22. The van der Waals surface area contributed by atoms with Gasteiger partial charge in [0, 0.05) is 12.0 Å². The molecule has 3 nitrogen and oxygen atoms in total. The number of hydrogen-bond donors (Lipinski definition) is 3. The van der Waals surface area contributed by atoms with Crippen LogP contribution in [0, 0.1) is 5.41 Å². The Hall–Kier alpha value is -0.120. The molecule has 60 valence electrons. The summed E-state index contributed by atoms with van der Waals surface area (Å²) in [6.45, 7) is 0.992. The Bertz CT molecular complexity index is 105. The Balaban J connectivity index is 2.32. The van der Waals surface area contributed by atoms with Gasteiger partial charge >= 0.3 is 0 Å². The van der Waals surface area contributed by atoms with Crippen LogP contribution < -0.4 is 5.32 Å². The van der Waals surface area contributed by atoms with Gasteiger partial charge in [-0.25, -0.2) is 0 Å². The summed E-state index contributed by atoms with van der Waals surface area (Å²) in [6, 6.07) is 0. The lowest BCUT2D eigenvalue weighted by molar-refractivity contribution is -0.0614. The molecule has 0 unspecified atom stereocenters. The third kappa shape index (κ3) is 1.31. The van der Waals surface area contributed by atoms with Crippen LogP contribution in [0.2, 0.25) is 0 Å². The number of nitrogens with one attached hydrogen (secondary N) is 1. The Labute approximate surface area is 61.1 Å². The minimum Gasteiger partial charge on any atom is -0.396 e. The normalized spacial score (nSPS) is 39.3. The summed E-state index contributed by atoms with van der Waals surface area (Å²) in [5, 5.41) is 20.9. The predicted octanol–water partition coefficient (Wildman–Crippen LogP) is -0.661. The van der Waals surface area contributed by atoms with E-state index >= 15 is 0 Å². The molecule has 0 aromatic heterocycles. The molecule has 0 radical (unpaired) electrons. The smallest absolute Gasteiger partial charge is 0.0553 e. The topological polar surface area (TPSA) is 52.5 Å². The molecule has 0 atom stereocenters. The summed E-state index contributed by atoms with van der Waals surface area (Å²) >= 11 is 0. The van der Waals surface area contributed by atoms with E-state index in [0.717, 1.165) is 19.4 Å². The van der Waals surface area contributed by atoms with Gasteiger partial charge in [-0.05, 0) is 19.9 Å². The quantitative estimate of drug-likeness (QED) is 0.494. The molecule has 0 spiro atoms. The van der Waals surface area contributed by atoms with E-state index in [0.29, 0.717) is 0 Å². The fourth-order valence-electron chi connectivity index (χ4n) is 1.64. The minimum absolute atomic E-state index is 0.0197. The molecular formula is C7H15NO2. The zero-order chi connectivity index (χ0) is 7.61. The largest absolute Gasteiger partial charge is 0.396 e. The van der Waals surface area contributed by atoms with E-state index in [9.17, 15) is 0 Å². The third-order valence-electron chi connectivity index (χ3n) is 2.22. The van der Waals surface area contributed by atoms with Crippen LogP contribution in [0.5, 0.6) is 0 Å². The summed E-state index contributed by atoms with van der Waals surface area (Å²) in [5.74, 6) is 0. The zero-order valence-electron chi connectivity index (χ0n) is 6.30. The van der Waals surface area contributed by atoms with Gasteiger partial charge < -0.3 is 15.5 Å². The maximum absolute atomic E-state index is 9.00. The van der Waals surface area contributed by atoms with E-state index in [1.54, 1.807) is 0 Å². The first-order valence-electron chi connectivity index (χ1n) is 3.66. The summed E-state index contributed by atoms with van der Waals surface area (Å²) < 4.78 is 0. The van der Waals surface area contributed by atoms with E-state index in [-0.39, 0.29) is 18.1 Å². The highest BCUT2D eigenvalue weighted by Crippen LogP contribution is 2.39. The highest BCUT2D eigenvalue weighted by Gasteiger charge is 2.42. The van der Waals surface area contributed by atoms with Crippen molar-refractivity contribution in [2.24, 2.45) is 5.41 Å². The van der Waals surface area contributed by atoms with Crippen molar-refractivity contribution in [1.82, 2.24) is 5.32 Å². The Kier molecular flexibility index (Phi) is 2.28. The van der Waals surface area contributed by atoms with Gasteiger partial charge in [0.25, 0.3) is 0 Å². The van der Waals surface area contributed by atoms with Crippen LogP contribution in [0.4, 0.5) is 0 Å². The molecule has 1 aliphatic carbocycles. The van der Waals surface area contributed by atoms with Gasteiger partial charge in [-0.1, -0.05) is 0 Å². The Morgan fingerprint density at radius 3 is 2.50 bits per heavy atom. The lowest BCUT2D eigenvalue weighted by Crippen LogP contribution is -2.49. The van der Waals surface area contributed by atoms with E-state index in [1.165, 1.54) is 0 Å². The molecule has 0 aliphatic heterocycles. The molecule has 10 heavy (non-hydrogen) atoms. The van der Waals surface area contributed by atoms with E-state index in [4.69, 9.17) is 10.2 Å². The van der Waals surface area contributed by atoms with Crippen molar-refractivity contribution in [3.8, 4) is 0 Å². The van der Waals surface area contributed by atoms with Gasteiger partial charge in [0.05, 0.1) is 12.7 Å². The molecule has 1 rings (SSSR count). The molecule has 0 amide bonds. The Morgan fingerprint density at radius 2 is 2.20 bits per heavy atom. The van der Waals surface area contributed by atoms with Crippen LogP contribution in [0.25, 0.3) is 0 Å². The molecule has 3 N–H and O–H groups in total. The Morgan fingerprint density at radius 1 is 1.60 bits per heavy atom. The van der Waals surface area contributed by atoms with Crippen LogP contribution in [-0.2, 0) is 0 Å². The van der Waals surface area contributed by atoms with Crippen LogP contribution in [0.3, 0.4) is 0 Å². The fourth-order valence-corrected chi connectivity index (χ4v) is 1.64. The lowest BCUT2D eigenvalue weighted by atomic mass is 9.67. The summed E-state index contributed by atoms with van der Waals surface area (Å²) in [7, 11) is 1.86. The molecule has 0 saturated heterocycles. The maximum Gasteiger partial charge on any atom is 0.0553 e. The average Bonchev–Trinajstić information content (AvgIpc) is 1.84. The lowest BCUT2D eigenvalue weighted by Gasteiger charge is -2.44. The molecule has 1 aliphatic rings. The van der Waals surface area contributed by atoms with Crippen molar-refractivity contribution in [3.63, 3.8) is 0 Å². The summed E-state index contributed by atoms with van der Waals surface area (Å²) in [5.41, 5.74) is -0.0197. The van der Waals surface area contributed by atoms with E-state index in [1.807, 2.05) is 7.05 Å². The molecule has 3 heteroatoms. The van der Waals surface area contributed by atoms with Crippen LogP contribution in [0.1, 0.15) is 12.8 Å². The van der Waals surface area contributed by atoms with Gasteiger partial charge in [-0.3, -0.25) is 0 Å². The van der Waals surface area contributed by atoms with Crippen molar-refractivity contribution >= 4 is 0 Å². The van der Waals surface area contributed by atoms with Crippen molar-refractivity contribution in [3.05, 3.63) is 0 Å². The van der Waals surface area contributed by atoms with Gasteiger partial charge in [0.1, 0.15) is 0 Å². The van der Waals surface area contributed by atoms with Gasteiger partial charge in [-0.2, -0.15) is 0 Å². The highest BCUT2D eigenvalue weighted by molar-refractivity contribution is 4.94. The molecular weight excluding hydrogens is 130 g/mol. The van der Waals surface area contributed by atoms with E-state index in [2.05, 4.69) is 5.32 Å². The number of aliphatic hydroxyl groups is 2. The molecule has 0 aromatic rings. The number of aliphatic hydroxyl groups excluding tert-OH is 2. The van der Waals surface area contributed by atoms with Crippen molar-refractivity contribution in [1.29, 1.82) is 0 Å². The number of hydrogen-bond acceptors (Lipinski definition) is 3. The summed E-state index contributed by atoms with van der Waals surface area (Å²) in [6.07, 6.45) is 1.30. The molecule has 1 saturated carbocycles. The van der Waals surface area contributed by atoms with Crippen molar-refractivity contribution < 1.29 is 10.2 Å². The monoisotopic (exact) mass is 145 g/mol. The SMILES string of the molecule is CNCC1(CO)CC(O)C1. The first-order valence-corrected chi connectivity index (χ1v) is 3.66. The van der Waals surface area contributed by atoms with Crippen LogP contribution in [-0.4, -0.2) is 36.5 Å². The molecule has 0 heterocycles. The molecule has 0 bridgehead atoms. The number of rotatable bonds is 3. The van der Waals surface area contributed by atoms with Gasteiger partial charge in [-0.15, -0.1) is 0 Å². The first-order chi connectivity index (χ1) is 4.72. The van der Waals surface area contributed by atoms with Crippen LogP contribution in [0.15, 0.2) is 0 Å². The minimum atomic E-state index is -0.180. The average molecular weight is 145 g/mol. The van der Waals surface area contributed by atoms with Crippen LogP contribution >= 0.6 is 0 Å². The second-order valence-electron chi connectivity index (χ2n) is 3.25. The standard InChI is InChI=1S/C7H15NO2/c1-8-4-7(5-9)2-6(10)3-7/h6,8-10H,2-5H2,1H3. The van der Waals surface area contributed by atoms with Crippen molar-refractivity contribution in [2.75, 3.05) is 20.2 Å². The van der Waals surface area contributed by atoms with Crippen molar-refractivity contribution in [2.45, 2.75) is 18.9 Å². The second-order valence-corrected chi connectivity index (χ2v) is 3.25. The second kappa shape index (κ2) is 2.86. The molecule has 1 fully saturated rings. The first kappa shape index (κ1) is 7.98. The predicted molar refractivity (Wildman–Crippen MR) is 38.7 cm³/mol. The van der Waals surface area contributed by atoms with Gasteiger partial charge in [0.2, 0.25) is 0 Å². The highest BCUT2D eigenvalue weighted by atomic mass is 16.3. The van der Waals surface area contributed by atoms with E-state index < -0.39 is 0 Å².